The quantitative estimate of drug-likeness (QED) is 0.305. The number of hydroxylamine groups is 1. The molecule has 1 aliphatic carbocycles. The van der Waals surface area contributed by atoms with Crippen molar-refractivity contribution in [2.75, 3.05) is 13.2 Å². The Hall–Kier alpha value is -2.33. The summed E-state index contributed by atoms with van der Waals surface area (Å²) in [6.45, 7) is 2.36. The first-order valence-corrected chi connectivity index (χ1v) is 8.85. The Morgan fingerprint density at radius 1 is 1.36 bits per heavy atom. The van der Waals surface area contributed by atoms with Gasteiger partial charge in [-0.3, -0.25) is 20.9 Å². The zero-order valence-corrected chi connectivity index (χ0v) is 15.2. The lowest BCUT2D eigenvalue weighted by atomic mass is 9.79. The highest BCUT2D eigenvalue weighted by atomic mass is 19.3. The molecule has 1 saturated heterocycles. The van der Waals surface area contributed by atoms with Crippen molar-refractivity contribution in [3.63, 3.8) is 0 Å². The number of rotatable bonds is 8. The standard InChI is InChI=1S/C18H22F3N3O4/c1-18(7-27-8-18)13(16(22)24-26)23-17(25)10-4-5-11(9-2-3-9)12(6-10)28-15(21)14(19)20/h4-6,9,13-15,26H,2-3,7-8H2,1H3,(H2,22,24)(H,23,25). The molecule has 154 valence electrons. The molecule has 0 aromatic heterocycles. The Morgan fingerprint density at radius 3 is 2.54 bits per heavy atom. The highest BCUT2D eigenvalue weighted by molar-refractivity contribution is 5.98. The molecule has 2 fully saturated rings. The third-order valence-corrected chi connectivity index (χ3v) is 4.98. The van der Waals surface area contributed by atoms with Crippen molar-refractivity contribution < 1.29 is 32.6 Å². The van der Waals surface area contributed by atoms with Gasteiger partial charge in [-0.05, 0) is 36.5 Å². The number of carbonyl (C=O) groups is 1. The molecule has 3 rings (SSSR count). The van der Waals surface area contributed by atoms with Crippen molar-refractivity contribution in [3.05, 3.63) is 29.3 Å². The summed E-state index contributed by atoms with van der Waals surface area (Å²) in [6.07, 6.45) is -4.41. The summed E-state index contributed by atoms with van der Waals surface area (Å²) in [4.78, 5) is 12.7. The van der Waals surface area contributed by atoms with E-state index in [1.54, 1.807) is 18.5 Å². The Morgan fingerprint density at radius 2 is 2.04 bits per heavy atom. The maximum Gasteiger partial charge on any atom is 0.304 e. The van der Waals surface area contributed by atoms with Crippen LogP contribution >= 0.6 is 0 Å². The molecule has 1 aromatic carbocycles. The highest BCUT2D eigenvalue weighted by Gasteiger charge is 2.44. The van der Waals surface area contributed by atoms with Crippen LogP contribution in [0.3, 0.4) is 0 Å². The summed E-state index contributed by atoms with van der Waals surface area (Å²) in [5.41, 5.74) is 1.80. The average Bonchev–Trinajstić information content (AvgIpc) is 3.48. The van der Waals surface area contributed by atoms with Crippen LogP contribution in [-0.2, 0) is 4.74 Å². The lowest BCUT2D eigenvalue weighted by molar-refractivity contribution is -0.109. The number of halogens is 3. The van der Waals surface area contributed by atoms with Gasteiger partial charge < -0.3 is 14.8 Å². The van der Waals surface area contributed by atoms with Crippen molar-refractivity contribution in [2.45, 2.75) is 44.5 Å². The van der Waals surface area contributed by atoms with E-state index in [1.807, 2.05) is 0 Å². The van der Waals surface area contributed by atoms with E-state index in [-0.39, 0.29) is 36.3 Å². The number of nitrogens with one attached hydrogen (secondary N) is 3. The van der Waals surface area contributed by atoms with E-state index >= 15 is 0 Å². The van der Waals surface area contributed by atoms with Crippen LogP contribution in [0.5, 0.6) is 5.75 Å². The molecule has 2 unspecified atom stereocenters. The van der Waals surface area contributed by atoms with Crippen LogP contribution in [0.2, 0.25) is 0 Å². The van der Waals surface area contributed by atoms with E-state index in [0.717, 1.165) is 12.8 Å². The average molecular weight is 401 g/mol. The molecule has 0 radical (unpaired) electrons. The SMILES string of the molecule is CC1(C(NC(=O)c2ccc(C3CC3)c(OC(F)C(F)F)c2)C(=N)NO)COC1. The summed E-state index contributed by atoms with van der Waals surface area (Å²) in [7, 11) is 0. The maximum absolute atomic E-state index is 13.4. The fourth-order valence-corrected chi connectivity index (χ4v) is 3.15. The molecule has 10 heteroatoms. The Balaban J connectivity index is 1.81. The summed E-state index contributed by atoms with van der Waals surface area (Å²) < 4.78 is 48.4. The van der Waals surface area contributed by atoms with E-state index in [9.17, 15) is 18.0 Å². The second kappa shape index (κ2) is 7.96. The molecule has 7 nitrogen and oxygen atoms in total. The summed E-state index contributed by atoms with van der Waals surface area (Å²) >= 11 is 0. The van der Waals surface area contributed by atoms with Gasteiger partial charge in [0.1, 0.15) is 11.6 Å². The van der Waals surface area contributed by atoms with Crippen LogP contribution in [-0.4, -0.2) is 49.0 Å². The van der Waals surface area contributed by atoms with Gasteiger partial charge in [-0.15, -0.1) is 0 Å². The van der Waals surface area contributed by atoms with Gasteiger partial charge in [-0.2, -0.15) is 4.39 Å². The second-order valence-electron chi connectivity index (χ2n) is 7.41. The first-order chi connectivity index (χ1) is 13.2. The van der Waals surface area contributed by atoms with E-state index in [4.69, 9.17) is 20.1 Å². The number of benzene rings is 1. The van der Waals surface area contributed by atoms with Crippen LogP contribution in [0, 0.1) is 10.8 Å². The van der Waals surface area contributed by atoms with E-state index in [0.29, 0.717) is 5.56 Å². The van der Waals surface area contributed by atoms with Crippen molar-refractivity contribution in [3.8, 4) is 5.75 Å². The van der Waals surface area contributed by atoms with Crippen LogP contribution in [0.25, 0.3) is 0 Å². The number of alkyl halides is 3. The molecule has 1 heterocycles. The highest BCUT2D eigenvalue weighted by Crippen LogP contribution is 2.45. The predicted molar refractivity (Wildman–Crippen MR) is 92.8 cm³/mol. The number of carbonyl (C=O) groups excluding carboxylic acids is 1. The largest absolute Gasteiger partial charge is 0.454 e. The van der Waals surface area contributed by atoms with Crippen LogP contribution in [0.4, 0.5) is 13.2 Å². The molecular formula is C18H22F3N3O4. The van der Waals surface area contributed by atoms with Crippen LogP contribution in [0.1, 0.15) is 41.6 Å². The van der Waals surface area contributed by atoms with Crippen LogP contribution < -0.4 is 15.5 Å². The van der Waals surface area contributed by atoms with Gasteiger partial charge in [0.15, 0.2) is 0 Å². The minimum atomic E-state index is -3.30. The lowest BCUT2D eigenvalue weighted by Crippen LogP contribution is -2.61. The zero-order chi connectivity index (χ0) is 20.5. The number of hydrogen-bond donors (Lipinski definition) is 4. The number of hydrogen-bond acceptors (Lipinski definition) is 5. The molecule has 2 atom stereocenters. The molecule has 1 saturated carbocycles. The minimum absolute atomic E-state index is 0.0699. The second-order valence-corrected chi connectivity index (χ2v) is 7.41. The van der Waals surface area contributed by atoms with Crippen LogP contribution in [0.15, 0.2) is 18.2 Å². The topological polar surface area (TPSA) is 104 Å². The zero-order valence-electron chi connectivity index (χ0n) is 15.2. The molecule has 1 amide bonds. The van der Waals surface area contributed by atoms with Crippen molar-refractivity contribution in [1.29, 1.82) is 5.41 Å². The number of ether oxygens (including phenoxy) is 2. The van der Waals surface area contributed by atoms with Gasteiger partial charge in [-0.25, -0.2) is 8.78 Å². The fourth-order valence-electron chi connectivity index (χ4n) is 3.15. The van der Waals surface area contributed by atoms with Gasteiger partial charge >= 0.3 is 6.43 Å². The van der Waals surface area contributed by atoms with Gasteiger partial charge in [0.05, 0.1) is 19.3 Å². The summed E-state index contributed by atoms with van der Waals surface area (Å²) in [5.74, 6) is -0.917. The van der Waals surface area contributed by atoms with E-state index in [2.05, 4.69) is 5.32 Å². The van der Waals surface area contributed by atoms with E-state index < -0.39 is 30.1 Å². The molecule has 28 heavy (non-hydrogen) atoms. The molecule has 0 bridgehead atoms. The third kappa shape index (κ3) is 4.22. The van der Waals surface area contributed by atoms with Gasteiger partial charge in [0, 0.05) is 11.0 Å². The van der Waals surface area contributed by atoms with Gasteiger partial charge in [0.2, 0.25) is 0 Å². The Bertz CT molecular complexity index is 754. The molecule has 1 aliphatic heterocycles. The smallest absolute Gasteiger partial charge is 0.304 e. The summed E-state index contributed by atoms with van der Waals surface area (Å²) in [6, 6.07) is 3.43. The Kier molecular flexibility index (Phi) is 5.80. The minimum Gasteiger partial charge on any atom is -0.454 e. The predicted octanol–water partition coefficient (Wildman–Crippen LogP) is 2.59. The molecular weight excluding hydrogens is 379 g/mol. The molecule has 1 aromatic rings. The van der Waals surface area contributed by atoms with Crippen molar-refractivity contribution in [2.24, 2.45) is 5.41 Å². The summed E-state index contributed by atoms with van der Waals surface area (Å²) in [5, 5.41) is 19.5. The monoisotopic (exact) mass is 401 g/mol. The first kappa shape index (κ1) is 20.4. The van der Waals surface area contributed by atoms with Crippen molar-refractivity contribution in [1.82, 2.24) is 10.8 Å². The normalized spacial score (nSPS) is 20.1. The number of amidine groups is 1. The molecule has 4 N–H and O–H groups in total. The molecule has 2 aliphatic rings. The first-order valence-electron chi connectivity index (χ1n) is 8.85. The fraction of sp³-hybridized carbons (Fsp3) is 0.556. The maximum atomic E-state index is 13.4. The lowest BCUT2D eigenvalue weighted by Gasteiger charge is -2.44. The van der Waals surface area contributed by atoms with E-state index in [1.165, 1.54) is 12.1 Å². The van der Waals surface area contributed by atoms with Gasteiger partial charge in [0.25, 0.3) is 12.3 Å². The third-order valence-electron chi connectivity index (χ3n) is 4.98. The van der Waals surface area contributed by atoms with Crippen molar-refractivity contribution >= 4 is 11.7 Å². The Labute approximate surface area is 159 Å². The number of amides is 1. The molecule has 0 spiro atoms. The van der Waals surface area contributed by atoms with Gasteiger partial charge in [-0.1, -0.05) is 13.0 Å².